The first kappa shape index (κ1) is 14.4. The van der Waals surface area contributed by atoms with Gasteiger partial charge in [0, 0.05) is 17.2 Å². The smallest absolute Gasteiger partial charge is 0.207 e. The number of aryl methyl sites for hydroxylation is 1. The van der Waals surface area contributed by atoms with Crippen LogP contribution in [0.25, 0.3) is 5.69 Å². The number of aromatic nitrogens is 2. The molecule has 0 saturated carbocycles. The lowest BCUT2D eigenvalue weighted by molar-refractivity contribution is 0.823. The van der Waals surface area contributed by atoms with E-state index >= 15 is 0 Å². The lowest BCUT2D eigenvalue weighted by Crippen LogP contribution is -2.07. The van der Waals surface area contributed by atoms with E-state index < -0.39 is 0 Å². The molecule has 0 amide bonds. The molecular weight excluding hydrogens is 326 g/mol. The van der Waals surface area contributed by atoms with Gasteiger partial charge in [-0.1, -0.05) is 24.9 Å². The summed E-state index contributed by atoms with van der Waals surface area (Å²) in [7, 11) is 0. The van der Waals surface area contributed by atoms with Gasteiger partial charge in [0.15, 0.2) is 0 Å². The van der Waals surface area contributed by atoms with Crippen molar-refractivity contribution in [1.29, 1.82) is 0 Å². The first-order chi connectivity index (χ1) is 9.11. The quantitative estimate of drug-likeness (QED) is 0.790. The highest BCUT2D eigenvalue weighted by Gasteiger charge is 2.08. The number of halogens is 2. The van der Waals surface area contributed by atoms with Crippen LogP contribution >= 0.6 is 27.5 Å². The normalized spacial score (nSPS) is 10.7. The summed E-state index contributed by atoms with van der Waals surface area (Å²) in [6.07, 6.45) is 4.30. The molecule has 0 saturated heterocycles. The maximum absolute atomic E-state index is 6.15. The third kappa shape index (κ3) is 3.51. The number of nitrogens with zero attached hydrogens (tertiary/aromatic N) is 2. The van der Waals surface area contributed by atoms with Gasteiger partial charge in [0.1, 0.15) is 0 Å². The Morgan fingerprint density at radius 2 is 2.21 bits per heavy atom. The van der Waals surface area contributed by atoms with Crippen LogP contribution in [-0.4, -0.2) is 16.1 Å². The number of anilines is 1. The van der Waals surface area contributed by atoms with Crippen LogP contribution < -0.4 is 5.32 Å². The molecule has 1 aromatic heterocycles. The van der Waals surface area contributed by atoms with Crippen LogP contribution in [0.5, 0.6) is 0 Å². The van der Waals surface area contributed by atoms with Crippen molar-refractivity contribution >= 4 is 33.5 Å². The Bertz CT molecular complexity index is 566. The molecule has 1 aromatic carbocycles. The van der Waals surface area contributed by atoms with E-state index in [0.29, 0.717) is 5.02 Å². The largest absolute Gasteiger partial charge is 0.355 e. The van der Waals surface area contributed by atoms with Gasteiger partial charge < -0.3 is 5.32 Å². The molecule has 2 rings (SSSR count). The summed E-state index contributed by atoms with van der Waals surface area (Å²) >= 11 is 9.55. The summed E-state index contributed by atoms with van der Waals surface area (Å²) in [5.74, 6) is 0.865. The summed E-state index contributed by atoms with van der Waals surface area (Å²) in [5, 5.41) is 4.06. The number of rotatable bonds is 5. The van der Waals surface area contributed by atoms with Crippen LogP contribution in [0, 0.1) is 6.92 Å². The minimum atomic E-state index is 0.698. The summed E-state index contributed by atoms with van der Waals surface area (Å²) in [4.78, 5) is 4.51. The maximum atomic E-state index is 6.15. The van der Waals surface area contributed by atoms with E-state index in [0.717, 1.165) is 41.2 Å². The average Bonchev–Trinajstić information content (AvgIpc) is 2.74. The minimum absolute atomic E-state index is 0.698. The van der Waals surface area contributed by atoms with E-state index in [4.69, 9.17) is 11.6 Å². The Balaban J connectivity index is 2.29. The van der Waals surface area contributed by atoms with Crippen molar-refractivity contribution in [1.82, 2.24) is 9.55 Å². The van der Waals surface area contributed by atoms with E-state index in [1.54, 1.807) is 0 Å². The third-order valence-corrected chi connectivity index (χ3v) is 4.05. The van der Waals surface area contributed by atoms with Gasteiger partial charge in [-0.2, -0.15) is 0 Å². The van der Waals surface area contributed by atoms with Gasteiger partial charge >= 0.3 is 0 Å². The molecule has 2 aromatic rings. The van der Waals surface area contributed by atoms with Crippen LogP contribution in [0.2, 0.25) is 5.02 Å². The number of benzene rings is 1. The summed E-state index contributed by atoms with van der Waals surface area (Å²) in [6.45, 7) is 5.09. The molecule has 0 bridgehead atoms. The number of imidazole rings is 1. The summed E-state index contributed by atoms with van der Waals surface area (Å²) in [5.41, 5.74) is 1.99. The van der Waals surface area contributed by atoms with Crippen LogP contribution in [0.3, 0.4) is 0 Å². The summed E-state index contributed by atoms with van der Waals surface area (Å²) in [6, 6.07) is 5.89. The van der Waals surface area contributed by atoms with Gasteiger partial charge in [-0.15, -0.1) is 0 Å². The standard InChI is InChI=1S/C14H17BrClN3/c1-3-4-7-17-14-18-10(2)9-19(14)11-5-6-12(15)13(16)8-11/h5-6,8-9H,3-4,7H2,1-2H3,(H,17,18). The summed E-state index contributed by atoms with van der Waals surface area (Å²) < 4.78 is 2.93. The van der Waals surface area contributed by atoms with Gasteiger partial charge in [0.05, 0.1) is 16.4 Å². The molecule has 0 unspecified atom stereocenters. The molecule has 19 heavy (non-hydrogen) atoms. The van der Waals surface area contributed by atoms with Crippen LogP contribution in [0.15, 0.2) is 28.9 Å². The Morgan fingerprint density at radius 3 is 2.89 bits per heavy atom. The molecule has 3 nitrogen and oxygen atoms in total. The molecule has 0 aliphatic heterocycles. The number of hydrogen-bond acceptors (Lipinski definition) is 2. The molecular formula is C14H17BrClN3. The fourth-order valence-electron chi connectivity index (χ4n) is 1.83. The molecule has 102 valence electrons. The fraction of sp³-hybridized carbons (Fsp3) is 0.357. The maximum Gasteiger partial charge on any atom is 0.207 e. The van der Waals surface area contributed by atoms with Crippen molar-refractivity contribution in [3.05, 3.63) is 39.6 Å². The average molecular weight is 343 g/mol. The monoisotopic (exact) mass is 341 g/mol. The molecule has 0 aliphatic carbocycles. The van der Waals surface area contributed by atoms with E-state index in [1.165, 1.54) is 0 Å². The topological polar surface area (TPSA) is 29.9 Å². The first-order valence-corrected chi connectivity index (χ1v) is 7.54. The molecule has 1 N–H and O–H groups in total. The second-order valence-electron chi connectivity index (χ2n) is 4.45. The Kier molecular flexibility index (Phi) is 4.88. The molecule has 0 radical (unpaired) electrons. The van der Waals surface area contributed by atoms with Crippen molar-refractivity contribution in [3.63, 3.8) is 0 Å². The van der Waals surface area contributed by atoms with Crippen LogP contribution in [-0.2, 0) is 0 Å². The van der Waals surface area contributed by atoms with Gasteiger partial charge in [-0.25, -0.2) is 4.98 Å². The highest BCUT2D eigenvalue weighted by Crippen LogP contribution is 2.26. The van der Waals surface area contributed by atoms with Crippen molar-refractivity contribution in [2.75, 3.05) is 11.9 Å². The zero-order valence-electron chi connectivity index (χ0n) is 11.1. The number of hydrogen-bond donors (Lipinski definition) is 1. The van der Waals surface area contributed by atoms with Crippen molar-refractivity contribution in [3.8, 4) is 5.69 Å². The van der Waals surface area contributed by atoms with E-state index in [1.807, 2.05) is 35.9 Å². The first-order valence-electron chi connectivity index (χ1n) is 6.37. The molecule has 0 atom stereocenters. The lowest BCUT2D eigenvalue weighted by atomic mass is 10.3. The van der Waals surface area contributed by atoms with Gasteiger partial charge in [-0.05, 0) is 47.5 Å². The van der Waals surface area contributed by atoms with Gasteiger partial charge in [0.2, 0.25) is 5.95 Å². The van der Waals surface area contributed by atoms with E-state index in [-0.39, 0.29) is 0 Å². The van der Waals surface area contributed by atoms with Crippen molar-refractivity contribution in [2.24, 2.45) is 0 Å². The zero-order valence-corrected chi connectivity index (χ0v) is 13.4. The van der Waals surface area contributed by atoms with Gasteiger partial charge in [-0.3, -0.25) is 4.57 Å². The SMILES string of the molecule is CCCCNc1nc(C)cn1-c1ccc(Br)c(Cl)c1. The molecule has 0 spiro atoms. The highest BCUT2D eigenvalue weighted by molar-refractivity contribution is 9.10. The molecule has 1 heterocycles. The van der Waals surface area contributed by atoms with Crippen LogP contribution in [0.1, 0.15) is 25.5 Å². The molecule has 5 heteroatoms. The Labute approximate surface area is 127 Å². The van der Waals surface area contributed by atoms with Crippen LogP contribution in [0.4, 0.5) is 5.95 Å². The van der Waals surface area contributed by atoms with Crippen molar-refractivity contribution in [2.45, 2.75) is 26.7 Å². The lowest BCUT2D eigenvalue weighted by Gasteiger charge is -2.10. The third-order valence-electron chi connectivity index (χ3n) is 2.82. The predicted molar refractivity (Wildman–Crippen MR) is 84.4 cm³/mol. The van der Waals surface area contributed by atoms with E-state index in [9.17, 15) is 0 Å². The fourth-order valence-corrected chi connectivity index (χ4v) is 2.25. The Hall–Kier alpha value is -1.000. The second kappa shape index (κ2) is 6.44. The second-order valence-corrected chi connectivity index (χ2v) is 5.72. The predicted octanol–water partition coefficient (Wildman–Crippen LogP) is 4.81. The number of unbranched alkanes of at least 4 members (excludes halogenated alkanes) is 1. The van der Waals surface area contributed by atoms with Crippen molar-refractivity contribution < 1.29 is 0 Å². The molecule has 0 fully saturated rings. The van der Waals surface area contributed by atoms with Gasteiger partial charge in [0.25, 0.3) is 0 Å². The van der Waals surface area contributed by atoms with E-state index in [2.05, 4.69) is 33.2 Å². The highest BCUT2D eigenvalue weighted by atomic mass is 79.9. The molecule has 0 aliphatic rings. The number of nitrogens with one attached hydrogen (secondary N) is 1. The minimum Gasteiger partial charge on any atom is -0.355 e. The Morgan fingerprint density at radius 1 is 1.42 bits per heavy atom. The zero-order chi connectivity index (χ0) is 13.8.